The number of amides is 1. The van der Waals surface area contributed by atoms with Crippen LogP contribution in [0.4, 0.5) is 5.69 Å². The molecule has 3 aromatic carbocycles. The van der Waals surface area contributed by atoms with Gasteiger partial charge in [-0.15, -0.1) is 0 Å². The summed E-state index contributed by atoms with van der Waals surface area (Å²) in [6.45, 7) is 5.36. The van der Waals surface area contributed by atoms with E-state index in [1.54, 1.807) is 44.2 Å². The largest absolute Gasteiger partial charge is 0.465 e. The Morgan fingerprint density at radius 1 is 0.912 bits per heavy atom. The number of ether oxygens (including phenoxy) is 1. The zero-order valence-corrected chi connectivity index (χ0v) is 20.4. The van der Waals surface area contributed by atoms with E-state index in [-0.39, 0.29) is 22.6 Å². The van der Waals surface area contributed by atoms with Gasteiger partial charge in [-0.05, 0) is 56.0 Å². The fraction of sp³-hybridized carbons (Fsp3) is 0.231. The molecule has 0 unspecified atom stereocenters. The lowest BCUT2D eigenvalue weighted by Gasteiger charge is -2.21. The molecule has 0 aliphatic carbocycles. The van der Waals surface area contributed by atoms with Gasteiger partial charge >= 0.3 is 5.97 Å². The van der Waals surface area contributed by atoms with Gasteiger partial charge in [0, 0.05) is 0 Å². The highest BCUT2D eigenvalue weighted by molar-refractivity contribution is 7.89. The van der Waals surface area contributed by atoms with E-state index in [1.807, 2.05) is 37.3 Å². The van der Waals surface area contributed by atoms with E-state index in [1.165, 1.54) is 13.2 Å². The molecule has 3 rings (SSSR count). The van der Waals surface area contributed by atoms with Gasteiger partial charge in [0.25, 0.3) is 0 Å². The predicted octanol–water partition coefficient (Wildman–Crippen LogP) is 3.93. The van der Waals surface area contributed by atoms with Gasteiger partial charge in [0.05, 0.1) is 23.3 Å². The third kappa shape index (κ3) is 5.89. The number of rotatable bonds is 8. The average Bonchev–Trinajstić information content (AvgIpc) is 2.78. The molecule has 7 nitrogen and oxygen atoms in total. The van der Waals surface area contributed by atoms with Crippen LogP contribution in [0.5, 0.6) is 0 Å². The second-order valence-corrected chi connectivity index (χ2v) is 9.77. The topological polar surface area (TPSA) is 102 Å². The summed E-state index contributed by atoms with van der Waals surface area (Å²) in [6.07, 6.45) is 0.121. The van der Waals surface area contributed by atoms with Crippen molar-refractivity contribution in [3.8, 4) is 0 Å². The van der Waals surface area contributed by atoms with Gasteiger partial charge in [-0.1, -0.05) is 60.2 Å². The number of carbonyl (C=O) groups is 2. The number of nitrogens with one attached hydrogen (secondary N) is 2. The van der Waals surface area contributed by atoms with Crippen LogP contribution < -0.4 is 10.0 Å². The molecule has 0 aliphatic rings. The number of sulfonamides is 1. The molecule has 1 amide bonds. The highest BCUT2D eigenvalue weighted by Gasteiger charge is 2.29. The summed E-state index contributed by atoms with van der Waals surface area (Å²) in [5.74, 6) is -1.20. The maximum atomic E-state index is 13.4. The van der Waals surface area contributed by atoms with Crippen LogP contribution in [-0.2, 0) is 26.0 Å². The van der Waals surface area contributed by atoms with E-state index < -0.39 is 27.9 Å². The number of anilines is 1. The van der Waals surface area contributed by atoms with Crippen molar-refractivity contribution in [1.29, 1.82) is 0 Å². The van der Waals surface area contributed by atoms with Crippen LogP contribution in [0.3, 0.4) is 0 Å². The Bertz CT molecular complexity index is 1280. The van der Waals surface area contributed by atoms with Crippen LogP contribution in [0.15, 0.2) is 71.6 Å². The number of hydrogen-bond donors (Lipinski definition) is 2. The van der Waals surface area contributed by atoms with Crippen molar-refractivity contribution in [2.75, 3.05) is 12.4 Å². The maximum absolute atomic E-state index is 13.4. The lowest BCUT2D eigenvalue weighted by molar-refractivity contribution is -0.117. The molecule has 0 spiro atoms. The summed E-state index contributed by atoms with van der Waals surface area (Å²) in [4.78, 5) is 25.6. The van der Waals surface area contributed by atoms with E-state index in [9.17, 15) is 18.0 Å². The predicted molar refractivity (Wildman–Crippen MR) is 131 cm³/mol. The highest BCUT2D eigenvalue weighted by atomic mass is 32.2. The molecule has 0 radical (unpaired) electrons. The normalized spacial score (nSPS) is 12.1. The van der Waals surface area contributed by atoms with Crippen LogP contribution in [0.2, 0.25) is 0 Å². The minimum atomic E-state index is -4.03. The lowest BCUT2D eigenvalue weighted by Crippen LogP contribution is -2.45. The second-order valence-electron chi connectivity index (χ2n) is 8.12. The molecule has 0 saturated heterocycles. The van der Waals surface area contributed by atoms with Gasteiger partial charge in [0.15, 0.2) is 0 Å². The number of aryl methyl sites for hydroxylation is 3. The first kappa shape index (κ1) is 25.1. The number of benzene rings is 3. The molecule has 0 bridgehead atoms. The molecule has 0 aromatic heterocycles. The fourth-order valence-electron chi connectivity index (χ4n) is 3.97. The molecule has 2 N–H and O–H groups in total. The Kier molecular flexibility index (Phi) is 7.86. The Balaban J connectivity index is 1.97. The third-order valence-corrected chi connectivity index (χ3v) is 7.14. The number of para-hydroxylation sites is 1. The molecule has 1 atom stereocenters. The van der Waals surface area contributed by atoms with Crippen molar-refractivity contribution in [2.24, 2.45) is 0 Å². The monoisotopic (exact) mass is 480 g/mol. The Morgan fingerprint density at radius 2 is 1.50 bits per heavy atom. The Hall–Kier alpha value is -3.49. The quantitative estimate of drug-likeness (QED) is 0.476. The van der Waals surface area contributed by atoms with Crippen LogP contribution >= 0.6 is 0 Å². The summed E-state index contributed by atoms with van der Waals surface area (Å²) >= 11 is 0. The maximum Gasteiger partial charge on any atom is 0.339 e. The average molecular weight is 481 g/mol. The fourth-order valence-corrected chi connectivity index (χ4v) is 5.62. The lowest BCUT2D eigenvalue weighted by atomic mass is 10.1. The first-order valence-electron chi connectivity index (χ1n) is 10.7. The molecular weight excluding hydrogens is 452 g/mol. The van der Waals surface area contributed by atoms with Gasteiger partial charge < -0.3 is 10.1 Å². The molecule has 0 saturated carbocycles. The summed E-state index contributed by atoms with van der Waals surface area (Å²) in [5, 5.41) is 2.69. The van der Waals surface area contributed by atoms with Crippen LogP contribution in [0.1, 0.15) is 32.6 Å². The van der Waals surface area contributed by atoms with Crippen molar-refractivity contribution in [3.63, 3.8) is 0 Å². The SMILES string of the molecule is COC(=O)c1ccccc1NC(=O)[C@H](Cc1ccccc1)NS(=O)(=O)c1c(C)cc(C)cc1C. The van der Waals surface area contributed by atoms with Crippen LogP contribution in [-0.4, -0.2) is 33.4 Å². The Labute approximate surface area is 200 Å². The molecule has 34 heavy (non-hydrogen) atoms. The molecule has 178 valence electrons. The zero-order valence-electron chi connectivity index (χ0n) is 19.6. The molecule has 0 heterocycles. The van der Waals surface area contributed by atoms with Crippen molar-refractivity contribution in [1.82, 2.24) is 4.72 Å². The molecule has 0 fully saturated rings. The van der Waals surface area contributed by atoms with Crippen molar-refractivity contribution < 1.29 is 22.7 Å². The number of hydrogen-bond acceptors (Lipinski definition) is 5. The molecule has 0 aliphatic heterocycles. The molecule has 3 aromatic rings. The minimum Gasteiger partial charge on any atom is -0.465 e. The van der Waals surface area contributed by atoms with Gasteiger partial charge in [0.1, 0.15) is 6.04 Å². The van der Waals surface area contributed by atoms with Gasteiger partial charge in [-0.2, -0.15) is 4.72 Å². The third-order valence-electron chi connectivity index (χ3n) is 5.36. The molecular formula is C26H28N2O5S. The second kappa shape index (κ2) is 10.6. The van der Waals surface area contributed by atoms with Gasteiger partial charge in [0.2, 0.25) is 15.9 Å². The van der Waals surface area contributed by atoms with E-state index in [0.29, 0.717) is 11.1 Å². The van der Waals surface area contributed by atoms with Crippen molar-refractivity contribution in [2.45, 2.75) is 38.1 Å². The summed E-state index contributed by atoms with van der Waals surface area (Å²) in [5.41, 5.74) is 3.33. The van der Waals surface area contributed by atoms with Gasteiger partial charge in [-0.25, -0.2) is 13.2 Å². The first-order valence-corrected chi connectivity index (χ1v) is 12.2. The van der Waals surface area contributed by atoms with Crippen molar-refractivity contribution >= 4 is 27.6 Å². The first-order chi connectivity index (χ1) is 16.1. The number of carbonyl (C=O) groups excluding carboxylic acids is 2. The smallest absolute Gasteiger partial charge is 0.339 e. The number of esters is 1. The van der Waals surface area contributed by atoms with Crippen LogP contribution in [0, 0.1) is 20.8 Å². The highest BCUT2D eigenvalue weighted by Crippen LogP contribution is 2.23. The van der Waals surface area contributed by atoms with Crippen molar-refractivity contribution in [3.05, 3.63) is 94.5 Å². The van der Waals surface area contributed by atoms with E-state index in [4.69, 9.17) is 4.74 Å². The zero-order chi connectivity index (χ0) is 24.9. The Morgan fingerprint density at radius 3 is 2.12 bits per heavy atom. The summed E-state index contributed by atoms with van der Waals surface area (Å²) < 4.78 is 34.2. The standard InChI is InChI=1S/C26H28N2O5S/c1-17-14-18(2)24(19(3)15-17)34(31,32)28-23(16-20-10-6-5-7-11-20)25(29)27-22-13-9-8-12-21(22)26(30)33-4/h5-15,23,28H,16H2,1-4H3,(H,27,29)/t23-/m0/s1. The van der Waals surface area contributed by atoms with Gasteiger partial charge in [-0.3, -0.25) is 4.79 Å². The van der Waals surface area contributed by atoms with E-state index in [2.05, 4.69) is 10.0 Å². The number of methoxy groups -OCH3 is 1. The van der Waals surface area contributed by atoms with Crippen LogP contribution in [0.25, 0.3) is 0 Å². The summed E-state index contributed by atoms with van der Waals surface area (Å²) in [6, 6.07) is 18.0. The van der Waals surface area contributed by atoms with E-state index in [0.717, 1.165) is 11.1 Å². The molecule has 8 heteroatoms. The van der Waals surface area contributed by atoms with E-state index >= 15 is 0 Å². The summed E-state index contributed by atoms with van der Waals surface area (Å²) in [7, 11) is -2.78. The minimum absolute atomic E-state index is 0.121.